The molecule has 0 aliphatic carbocycles. The molecule has 2 heterocycles. The molecule has 1 aliphatic heterocycles. The Hall–Kier alpha value is -2.14. The summed E-state index contributed by atoms with van der Waals surface area (Å²) in [6.45, 7) is 3.16. The highest BCUT2D eigenvalue weighted by atomic mass is 16.3. The summed E-state index contributed by atoms with van der Waals surface area (Å²) in [6.07, 6.45) is 3.31. The van der Waals surface area contributed by atoms with Gasteiger partial charge in [-0.2, -0.15) is 5.10 Å². The number of amides is 1. The predicted octanol–water partition coefficient (Wildman–Crippen LogP) is 2.32. The minimum Gasteiger partial charge on any atom is -0.393 e. The summed E-state index contributed by atoms with van der Waals surface area (Å²) in [6, 6.07) is 9.78. The number of hydrogen-bond acceptors (Lipinski definition) is 3. The van der Waals surface area contributed by atoms with Gasteiger partial charge in [0.05, 0.1) is 11.7 Å². The predicted molar refractivity (Wildman–Crippen MR) is 89.0 cm³/mol. The minimum atomic E-state index is -0.381. The third kappa shape index (κ3) is 3.29. The van der Waals surface area contributed by atoms with E-state index in [0.29, 0.717) is 12.1 Å². The molecule has 2 atom stereocenters. The van der Waals surface area contributed by atoms with Crippen LogP contribution in [-0.4, -0.2) is 44.9 Å². The van der Waals surface area contributed by atoms with Gasteiger partial charge >= 0.3 is 0 Å². The second-order valence-corrected chi connectivity index (χ2v) is 6.33. The monoisotopic (exact) mass is 313 g/mol. The number of aliphatic hydroxyl groups excluding tert-OH is 1. The zero-order valence-corrected chi connectivity index (χ0v) is 13.6. The molecule has 1 aliphatic rings. The van der Waals surface area contributed by atoms with E-state index in [-0.39, 0.29) is 17.9 Å². The molecule has 2 unspecified atom stereocenters. The normalized spacial score (nSPS) is 19.6. The van der Waals surface area contributed by atoms with Crippen molar-refractivity contribution in [1.82, 2.24) is 14.7 Å². The number of carbonyl (C=O) groups excluding carboxylic acids is 1. The standard InChI is InChI=1S/C18H23N3O2/c1-13(22)15-9-6-10-21(11-15)18(23)16-12-20(2)19-17(16)14-7-4-3-5-8-14/h3-5,7-8,12-13,15,22H,6,9-11H2,1-2H3. The summed E-state index contributed by atoms with van der Waals surface area (Å²) in [7, 11) is 1.83. The number of carbonyl (C=O) groups is 1. The van der Waals surface area contributed by atoms with E-state index in [1.807, 2.05) is 42.3 Å². The topological polar surface area (TPSA) is 58.4 Å². The molecule has 23 heavy (non-hydrogen) atoms. The van der Waals surface area contributed by atoms with Gasteiger partial charge in [-0.25, -0.2) is 0 Å². The molecule has 1 saturated heterocycles. The Morgan fingerprint density at radius 3 is 2.78 bits per heavy atom. The number of rotatable bonds is 3. The van der Waals surface area contributed by atoms with Crippen molar-refractivity contribution < 1.29 is 9.90 Å². The van der Waals surface area contributed by atoms with E-state index < -0.39 is 0 Å². The lowest BCUT2D eigenvalue weighted by Gasteiger charge is -2.34. The van der Waals surface area contributed by atoms with Gasteiger partial charge in [0.2, 0.25) is 0 Å². The van der Waals surface area contributed by atoms with Crippen LogP contribution in [0, 0.1) is 5.92 Å². The van der Waals surface area contributed by atoms with Crippen molar-refractivity contribution in [1.29, 1.82) is 0 Å². The molecule has 0 radical (unpaired) electrons. The number of benzene rings is 1. The van der Waals surface area contributed by atoms with Crippen molar-refractivity contribution in [2.45, 2.75) is 25.9 Å². The second-order valence-electron chi connectivity index (χ2n) is 6.33. The Morgan fingerprint density at radius 1 is 1.35 bits per heavy atom. The maximum atomic E-state index is 13.0. The van der Waals surface area contributed by atoms with E-state index in [1.165, 1.54) is 0 Å². The number of likely N-dealkylation sites (tertiary alicyclic amines) is 1. The smallest absolute Gasteiger partial charge is 0.257 e. The fraction of sp³-hybridized carbons (Fsp3) is 0.444. The number of aromatic nitrogens is 2. The van der Waals surface area contributed by atoms with Crippen molar-refractivity contribution in [3.05, 3.63) is 42.1 Å². The Labute approximate surface area is 136 Å². The van der Waals surface area contributed by atoms with Crippen LogP contribution in [0.3, 0.4) is 0 Å². The Kier molecular flexibility index (Phi) is 4.48. The van der Waals surface area contributed by atoms with Crippen LogP contribution in [0.2, 0.25) is 0 Å². The van der Waals surface area contributed by atoms with Crippen molar-refractivity contribution in [2.24, 2.45) is 13.0 Å². The highest BCUT2D eigenvalue weighted by molar-refractivity contribution is 5.99. The van der Waals surface area contributed by atoms with E-state index in [2.05, 4.69) is 5.10 Å². The molecule has 1 fully saturated rings. The number of piperidine rings is 1. The first kappa shape index (κ1) is 15.7. The van der Waals surface area contributed by atoms with Gasteiger partial charge in [-0.1, -0.05) is 30.3 Å². The molecule has 3 rings (SSSR count). The summed E-state index contributed by atoms with van der Waals surface area (Å²) in [4.78, 5) is 14.8. The van der Waals surface area contributed by atoms with Crippen LogP contribution < -0.4 is 0 Å². The summed E-state index contributed by atoms with van der Waals surface area (Å²) in [5, 5.41) is 14.3. The average molecular weight is 313 g/mol. The lowest BCUT2D eigenvalue weighted by Crippen LogP contribution is -2.43. The lowest BCUT2D eigenvalue weighted by atomic mass is 9.93. The lowest BCUT2D eigenvalue weighted by molar-refractivity contribution is 0.0466. The summed E-state index contributed by atoms with van der Waals surface area (Å²) in [5.41, 5.74) is 2.29. The highest BCUT2D eigenvalue weighted by Crippen LogP contribution is 2.26. The van der Waals surface area contributed by atoms with E-state index in [1.54, 1.807) is 17.8 Å². The second kappa shape index (κ2) is 6.54. The minimum absolute atomic E-state index is 0.00213. The van der Waals surface area contributed by atoms with Crippen LogP contribution in [0.4, 0.5) is 0 Å². The Balaban J connectivity index is 1.88. The summed E-state index contributed by atoms with van der Waals surface area (Å²) >= 11 is 0. The quantitative estimate of drug-likeness (QED) is 0.946. The first-order chi connectivity index (χ1) is 11.1. The maximum absolute atomic E-state index is 13.0. The molecule has 1 N–H and O–H groups in total. The van der Waals surface area contributed by atoms with Crippen molar-refractivity contribution in [2.75, 3.05) is 13.1 Å². The van der Waals surface area contributed by atoms with Crippen LogP contribution in [0.1, 0.15) is 30.1 Å². The van der Waals surface area contributed by atoms with E-state index in [4.69, 9.17) is 0 Å². The third-order valence-corrected chi connectivity index (χ3v) is 4.53. The molecule has 122 valence electrons. The number of nitrogens with zero attached hydrogens (tertiary/aromatic N) is 3. The van der Waals surface area contributed by atoms with Crippen LogP contribution in [-0.2, 0) is 7.05 Å². The molecule has 5 heteroatoms. The summed E-state index contributed by atoms with van der Waals surface area (Å²) < 4.78 is 1.69. The number of aliphatic hydroxyl groups is 1. The zero-order chi connectivity index (χ0) is 16.4. The average Bonchev–Trinajstić information content (AvgIpc) is 2.97. The Morgan fingerprint density at radius 2 is 2.09 bits per heavy atom. The van der Waals surface area contributed by atoms with Gasteiger partial charge in [-0.3, -0.25) is 9.48 Å². The number of aryl methyl sites for hydroxylation is 1. The van der Waals surface area contributed by atoms with E-state index >= 15 is 0 Å². The molecule has 5 nitrogen and oxygen atoms in total. The zero-order valence-electron chi connectivity index (χ0n) is 13.6. The van der Waals surface area contributed by atoms with Crippen LogP contribution >= 0.6 is 0 Å². The highest BCUT2D eigenvalue weighted by Gasteiger charge is 2.29. The van der Waals surface area contributed by atoms with Gasteiger partial charge in [0.1, 0.15) is 5.69 Å². The van der Waals surface area contributed by atoms with Gasteiger partial charge in [-0.15, -0.1) is 0 Å². The Bertz CT molecular complexity index is 679. The van der Waals surface area contributed by atoms with Gasteiger partial charge in [-0.05, 0) is 19.8 Å². The molecule has 2 aromatic rings. The fourth-order valence-electron chi connectivity index (χ4n) is 3.21. The molecule has 1 aromatic heterocycles. The maximum Gasteiger partial charge on any atom is 0.257 e. The van der Waals surface area contributed by atoms with Crippen LogP contribution in [0.25, 0.3) is 11.3 Å². The van der Waals surface area contributed by atoms with Gasteiger partial charge < -0.3 is 10.0 Å². The van der Waals surface area contributed by atoms with Gasteiger partial charge in [0.15, 0.2) is 0 Å². The van der Waals surface area contributed by atoms with Gasteiger partial charge in [0.25, 0.3) is 5.91 Å². The largest absolute Gasteiger partial charge is 0.393 e. The van der Waals surface area contributed by atoms with Crippen LogP contribution in [0.5, 0.6) is 0 Å². The molecule has 1 aromatic carbocycles. The third-order valence-electron chi connectivity index (χ3n) is 4.53. The SMILES string of the molecule is CC(O)C1CCCN(C(=O)c2cn(C)nc2-c2ccccc2)C1. The first-order valence-electron chi connectivity index (χ1n) is 8.12. The van der Waals surface area contributed by atoms with E-state index in [9.17, 15) is 9.90 Å². The molecule has 0 saturated carbocycles. The van der Waals surface area contributed by atoms with Crippen molar-refractivity contribution in [3.8, 4) is 11.3 Å². The number of hydrogen-bond donors (Lipinski definition) is 1. The molecule has 0 bridgehead atoms. The molecule has 0 spiro atoms. The van der Waals surface area contributed by atoms with Gasteiger partial charge in [0, 0.05) is 37.8 Å². The van der Waals surface area contributed by atoms with Crippen molar-refractivity contribution in [3.63, 3.8) is 0 Å². The molecular weight excluding hydrogens is 290 g/mol. The van der Waals surface area contributed by atoms with Crippen LogP contribution in [0.15, 0.2) is 36.5 Å². The molecular formula is C18H23N3O2. The summed E-state index contributed by atoms with van der Waals surface area (Å²) in [5.74, 6) is 0.159. The molecule has 1 amide bonds. The van der Waals surface area contributed by atoms with Crippen molar-refractivity contribution >= 4 is 5.91 Å². The fourth-order valence-corrected chi connectivity index (χ4v) is 3.21. The first-order valence-corrected chi connectivity index (χ1v) is 8.12. The van der Waals surface area contributed by atoms with E-state index in [0.717, 1.165) is 30.6 Å².